The van der Waals surface area contributed by atoms with Crippen LogP contribution in [0.4, 0.5) is 0 Å². The topological polar surface area (TPSA) is 17.1 Å². The summed E-state index contributed by atoms with van der Waals surface area (Å²) in [5.74, 6) is 1.88. The van der Waals surface area contributed by atoms with Gasteiger partial charge in [-0.15, -0.1) is 0 Å². The third-order valence-corrected chi connectivity index (χ3v) is 4.17. The molecule has 0 aliphatic heterocycles. The number of carbonyl (C=O) groups excluding carboxylic acids is 1. The molecule has 1 heteroatoms. The highest BCUT2D eigenvalue weighted by molar-refractivity contribution is 5.90. The summed E-state index contributed by atoms with van der Waals surface area (Å²) in [6.45, 7) is 10.8. The Balaban J connectivity index is 4.05. The molecule has 0 heterocycles. The van der Waals surface area contributed by atoms with Gasteiger partial charge in [-0.2, -0.15) is 0 Å². The van der Waals surface area contributed by atoms with Crippen LogP contribution < -0.4 is 0 Å². The summed E-state index contributed by atoms with van der Waals surface area (Å²) < 4.78 is 0. The summed E-state index contributed by atoms with van der Waals surface area (Å²) in [5.41, 5.74) is 1.08. The Kier molecular flexibility index (Phi) is 11.4. The van der Waals surface area contributed by atoms with Crippen LogP contribution in [0.15, 0.2) is 23.8 Å². The largest absolute Gasteiger partial charge is 0.295 e. The van der Waals surface area contributed by atoms with Gasteiger partial charge in [-0.25, -0.2) is 0 Å². The van der Waals surface area contributed by atoms with Crippen molar-refractivity contribution in [3.05, 3.63) is 23.8 Å². The van der Waals surface area contributed by atoms with Gasteiger partial charge in [-0.3, -0.25) is 4.79 Å². The zero-order valence-corrected chi connectivity index (χ0v) is 14.2. The van der Waals surface area contributed by atoms with E-state index in [4.69, 9.17) is 0 Å². The van der Waals surface area contributed by atoms with Gasteiger partial charge in [-0.1, -0.05) is 72.0 Å². The van der Waals surface area contributed by atoms with Gasteiger partial charge >= 0.3 is 0 Å². The Labute approximate surface area is 126 Å². The predicted molar refractivity (Wildman–Crippen MR) is 89.9 cm³/mol. The Morgan fingerprint density at radius 1 is 1.10 bits per heavy atom. The van der Waals surface area contributed by atoms with E-state index in [-0.39, 0.29) is 5.78 Å². The first kappa shape index (κ1) is 19.1. The van der Waals surface area contributed by atoms with Gasteiger partial charge in [0.15, 0.2) is 5.78 Å². The molecule has 2 unspecified atom stereocenters. The molecule has 0 aromatic heterocycles. The summed E-state index contributed by atoms with van der Waals surface area (Å²) in [6, 6.07) is 0. The summed E-state index contributed by atoms with van der Waals surface area (Å²) >= 11 is 0. The van der Waals surface area contributed by atoms with Crippen molar-refractivity contribution in [1.29, 1.82) is 0 Å². The van der Waals surface area contributed by atoms with E-state index in [1.807, 2.05) is 13.8 Å². The predicted octanol–water partition coefficient (Wildman–Crippen LogP) is 6.10. The molecular formula is C19H34O. The Morgan fingerprint density at radius 3 is 2.35 bits per heavy atom. The van der Waals surface area contributed by atoms with Crippen molar-refractivity contribution in [3.8, 4) is 0 Å². The van der Waals surface area contributed by atoms with Gasteiger partial charge in [0, 0.05) is 6.42 Å². The van der Waals surface area contributed by atoms with Crippen molar-refractivity contribution >= 4 is 5.78 Å². The van der Waals surface area contributed by atoms with E-state index in [1.54, 1.807) is 6.08 Å². The number of ketones is 1. The SMILES string of the molecule is CCC(=O)/C=C(C)/C=C/CC(CC)CCCC(C)CC. The van der Waals surface area contributed by atoms with E-state index >= 15 is 0 Å². The maximum absolute atomic E-state index is 11.3. The maximum Gasteiger partial charge on any atom is 0.155 e. The molecule has 116 valence electrons. The number of rotatable bonds is 11. The molecule has 0 amide bonds. The molecule has 0 spiro atoms. The van der Waals surface area contributed by atoms with Crippen LogP contribution in [-0.4, -0.2) is 5.78 Å². The summed E-state index contributed by atoms with van der Waals surface area (Å²) in [7, 11) is 0. The highest BCUT2D eigenvalue weighted by Gasteiger charge is 2.05. The van der Waals surface area contributed by atoms with Crippen molar-refractivity contribution < 1.29 is 4.79 Å². The fourth-order valence-corrected chi connectivity index (χ4v) is 2.30. The molecule has 0 N–H and O–H groups in total. The van der Waals surface area contributed by atoms with Crippen LogP contribution in [-0.2, 0) is 4.79 Å². The molecule has 20 heavy (non-hydrogen) atoms. The lowest BCUT2D eigenvalue weighted by Crippen LogP contribution is -2.00. The summed E-state index contributed by atoms with van der Waals surface area (Å²) in [6.07, 6.45) is 14.4. The molecule has 0 bridgehead atoms. The van der Waals surface area contributed by atoms with Crippen molar-refractivity contribution in [1.82, 2.24) is 0 Å². The zero-order valence-electron chi connectivity index (χ0n) is 14.2. The minimum absolute atomic E-state index is 0.216. The lowest BCUT2D eigenvalue weighted by atomic mass is 9.92. The van der Waals surface area contributed by atoms with Gasteiger partial charge in [0.2, 0.25) is 0 Å². The molecule has 0 fully saturated rings. The molecule has 0 aliphatic carbocycles. The van der Waals surface area contributed by atoms with Crippen LogP contribution in [0.1, 0.15) is 79.6 Å². The second-order valence-corrected chi connectivity index (χ2v) is 6.06. The van der Waals surface area contributed by atoms with Gasteiger partial charge in [0.25, 0.3) is 0 Å². The quantitative estimate of drug-likeness (QED) is 0.329. The molecule has 0 aromatic rings. The van der Waals surface area contributed by atoms with E-state index in [1.165, 1.54) is 32.1 Å². The summed E-state index contributed by atoms with van der Waals surface area (Å²) in [4.78, 5) is 11.3. The van der Waals surface area contributed by atoms with E-state index in [0.717, 1.165) is 23.8 Å². The lowest BCUT2D eigenvalue weighted by molar-refractivity contribution is -0.114. The normalized spacial score (nSPS) is 15.6. The van der Waals surface area contributed by atoms with E-state index in [0.29, 0.717) is 6.42 Å². The second-order valence-electron chi connectivity index (χ2n) is 6.06. The van der Waals surface area contributed by atoms with Crippen molar-refractivity contribution in [2.45, 2.75) is 79.6 Å². The molecule has 0 saturated heterocycles. The zero-order chi connectivity index (χ0) is 15.4. The molecule has 0 aliphatic rings. The third-order valence-electron chi connectivity index (χ3n) is 4.17. The molecular weight excluding hydrogens is 244 g/mol. The molecule has 0 saturated carbocycles. The molecule has 0 radical (unpaired) electrons. The maximum atomic E-state index is 11.3. The highest BCUT2D eigenvalue weighted by atomic mass is 16.1. The standard InChI is InChI=1S/C19H34O/c1-6-16(4)11-9-13-18(7-2)14-10-12-17(5)15-19(20)8-3/h10,12,15-16,18H,6-9,11,13-14H2,1-5H3/b12-10+,17-15+. The number of hydrogen-bond donors (Lipinski definition) is 0. The van der Waals surface area contributed by atoms with Gasteiger partial charge in [0.05, 0.1) is 0 Å². The Morgan fingerprint density at radius 2 is 1.80 bits per heavy atom. The average molecular weight is 278 g/mol. The monoisotopic (exact) mass is 278 g/mol. The van der Waals surface area contributed by atoms with Crippen molar-refractivity contribution in [2.24, 2.45) is 11.8 Å². The fraction of sp³-hybridized carbons (Fsp3) is 0.737. The van der Waals surface area contributed by atoms with E-state index in [9.17, 15) is 4.79 Å². The first-order chi connectivity index (χ1) is 9.53. The lowest BCUT2D eigenvalue weighted by Gasteiger charge is -2.14. The van der Waals surface area contributed by atoms with Gasteiger partial charge in [0.1, 0.15) is 0 Å². The summed E-state index contributed by atoms with van der Waals surface area (Å²) in [5, 5.41) is 0. The molecule has 0 rings (SSSR count). The molecule has 0 aromatic carbocycles. The van der Waals surface area contributed by atoms with Gasteiger partial charge in [-0.05, 0) is 36.8 Å². The van der Waals surface area contributed by atoms with Crippen molar-refractivity contribution in [3.63, 3.8) is 0 Å². The third kappa shape index (κ3) is 10.00. The van der Waals surface area contributed by atoms with Crippen molar-refractivity contribution in [2.75, 3.05) is 0 Å². The highest BCUT2D eigenvalue weighted by Crippen LogP contribution is 2.20. The number of hydrogen-bond acceptors (Lipinski definition) is 1. The van der Waals surface area contributed by atoms with Crippen LogP contribution in [0.3, 0.4) is 0 Å². The van der Waals surface area contributed by atoms with Crippen LogP contribution in [0.25, 0.3) is 0 Å². The number of allylic oxidation sites excluding steroid dienone is 4. The molecule has 2 atom stereocenters. The smallest absolute Gasteiger partial charge is 0.155 e. The van der Waals surface area contributed by atoms with Crippen LogP contribution in [0, 0.1) is 11.8 Å². The number of carbonyl (C=O) groups is 1. The van der Waals surface area contributed by atoms with E-state index in [2.05, 4.69) is 32.9 Å². The first-order valence-electron chi connectivity index (χ1n) is 8.41. The minimum Gasteiger partial charge on any atom is -0.295 e. The Hall–Kier alpha value is -0.850. The minimum atomic E-state index is 0.216. The first-order valence-corrected chi connectivity index (χ1v) is 8.41. The second kappa shape index (κ2) is 11.9. The van der Waals surface area contributed by atoms with E-state index < -0.39 is 0 Å². The fourth-order valence-electron chi connectivity index (χ4n) is 2.30. The van der Waals surface area contributed by atoms with Crippen LogP contribution >= 0.6 is 0 Å². The molecule has 1 nitrogen and oxygen atoms in total. The Bertz CT molecular complexity index is 312. The van der Waals surface area contributed by atoms with Crippen LogP contribution in [0.2, 0.25) is 0 Å². The average Bonchev–Trinajstić information content (AvgIpc) is 2.44. The van der Waals surface area contributed by atoms with Crippen LogP contribution in [0.5, 0.6) is 0 Å². The van der Waals surface area contributed by atoms with Gasteiger partial charge < -0.3 is 0 Å².